The van der Waals surface area contributed by atoms with Crippen molar-refractivity contribution in [2.24, 2.45) is 5.92 Å². The van der Waals surface area contributed by atoms with Crippen LogP contribution in [0.25, 0.3) is 0 Å². The molecule has 3 nitrogen and oxygen atoms in total. The zero-order valence-electron chi connectivity index (χ0n) is 13.6. The van der Waals surface area contributed by atoms with Crippen molar-refractivity contribution in [2.45, 2.75) is 25.8 Å². The molecule has 0 bridgehead atoms. The summed E-state index contributed by atoms with van der Waals surface area (Å²) in [5, 5.41) is 3.40. The summed E-state index contributed by atoms with van der Waals surface area (Å²) >= 11 is 0. The molecule has 0 saturated carbocycles. The van der Waals surface area contributed by atoms with E-state index in [0.717, 1.165) is 63.4 Å². The molecule has 1 aromatic carbocycles. The van der Waals surface area contributed by atoms with Gasteiger partial charge in [-0.2, -0.15) is 0 Å². The molecule has 0 unspecified atom stereocenters. The van der Waals surface area contributed by atoms with Crippen molar-refractivity contribution in [2.75, 3.05) is 39.4 Å². The predicted octanol–water partition coefficient (Wildman–Crippen LogP) is 3.35. The Morgan fingerprint density at radius 1 is 1.17 bits per heavy atom. The zero-order valence-corrected chi connectivity index (χ0v) is 15.2. The van der Waals surface area contributed by atoms with Crippen LogP contribution in [0.2, 0.25) is 0 Å². The SMILES string of the molecule is Cc1ccc([C@@H](C2CCOCC2)N2CCNCC2)cc1F.Cl.Cl. The topological polar surface area (TPSA) is 24.5 Å². The number of nitrogens with one attached hydrogen (secondary N) is 1. The third-order valence-electron chi connectivity index (χ3n) is 4.79. The maximum absolute atomic E-state index is 14.0. The Labute approximate surface area is 150 Å². The Hall–Kier alpha value is -0.390. The summed E-state index contributed by atoms with van der Waals surface area (Å²) in [6, 6.07) is 6.10. The Morgan fingerprint density at radius 3 is 2.43 bits per heavy atom. The van der Waals surface area contributed by atoms with Crippen LogP contribution in [0.3, 0.4) is 0 Å². The molecule has 1 aromatic rings. The van der Waals surface area contributed by atoms with Gasteiger partial charge in [-0.1, -0.05) is 12.1 Å². The summed E-state index contributed by atoms with van der Waals surface area (Å²) in [6.07, 6.45) is 2.15. The van der Waals surface area contributed by atoms with Crippen molar-refractivity contribution in [1.29, 1.82) is 0 Å². The van der Waals surface area contributed by atoms with E-state index in [4.69, 9.17) is 4.74 Å². The van der Waals surface area contributed by atoms with E-state index < -0.39 is 0 Å². The summed E-state index contributed by atoms with van der Waals surface area (Å²) < 4.78 is 19.5. The lowest BCUT2D eigenvalue weighted by molar-refractivity contribution is 0.0212. The number of ether oxygens (including phenoxy) is 1. The molecule has 0 amide bonds. The van der Waals surface area contributed by atoms with Gasteiger partial charge in [-0.25, -0.2) is 4.39 Å². The number of aryl methyl sites for hydroxylation is 1. The van der Waals surface area contributed by atoms with Gasteiger partial charge in [-0.05, 0) is 42.9 Å². The second-order valence-electron chi connectivity index (χ2n) is 6.19. The lowest BCUT2D eigenvalue weighted by atomic mass is 9.85. The van der Waals surface area contributed by atoms with E-state index in [9.17, 15) is 4.39 Å². The van der Waals surface area contributed by atoms with Gasteiger partial charge in [0, 0.05) is 45.4 Å². The van der Waals surface area contributed by atoms with Gasteiger partial charge < -0.3 is 10.1 Å². The lowest BCUT2D eigenvalue weighted by Crippen LogP contribution is -2.47. The number of hydrogen-bond acceptors (Lipinski definition) is 3. The maximum atomic E-state index is 14.0. The van der Waals surface area contributed by atoms with E-state index in [1.807, 2.05) is 13.0 Å². The van der Waals surface area contributed by atoms with E-state index in [2.05, 4.69) is 16.3 Å². The minimum absolute atomic E-state index is 0. The maximum Gasteiger partial charge on any atom is 0.126 e. The van der Waals surface area contributed by atoms with Gasteiger partial charge >= 0.3 is 0 Å². The minimum atomic E-state index is -0.0836. The predicted molar refractivity (Wildman–Crippen MR) is 96.4 cm³/mol. The van der Waals surface area contributed by atoms with Crippen LogP contribution in [0.1, 0.15) is 30.0 Å². The molecule has 2 heterocycles. The van der Waals surface area contributed by atoms with Crippen LogP contribution in [0.5, 0.6) is 0 Å². The van der Waals surface area contributed by atoms with Crippen molar-refractivity contribution < 1.29 is 9.13 Å². The number of nitrogens with zero attached hydrogens (tertiary/aromatic N) is 1. The summed E-state index contributed by atoms with van der Waals surface area (Å²) in [5.74, 6) is 0.485. The summed E-state index contributed by atoms with van der Waals surface area (Å²) in [7, 11) is 0. The molecule has 1 atom stereocenters. The number of piperazine rings is 1. The Kier molecular flexibility index (Phi) is 8.80. The molecule has 0 radical (unpaired) electrons. The first kappa shape index (κ1) is 20.7. The Morgan fingerprint density at radius 2 is 1.83 bits per heavy atom. The average Bonchev–Trinajstić information content (AvgIpc) is 2.53. The van der Waals surface area contributed by atoms with Crippen molar-refractivity contribution in [1.82, 2.24) is 10.2 Å². The van der Waals surface area contributed by atoms with Gasteiger partial charge in [-0.15, -0.1) is 24.8 Å². The normalized spacial score (nSPS) is 21.1. The first-order valence-electron chi connectivity index (χ1n) is 8.04. The Balaban J connectivity index is 0.00000132. The van der Waals surface area contributed by atoms with Gasteiger partial charge in [0.15, 0.2) is 0 Å². The fraction of sp³-hybridized carbons (Fsp3) is 0.647. The van der Waals surface area contributed by atoms with E-state index in [1.165, 1.54) is 0 Å². The summed E-state index contributed by atoms with van der Waals surface area (Å²) in [5.41, 5.74) is 1.86. The highest BCUT2D eigenvalue weighted by molar-refractivity contribution is 5.85. The van der Waals surface area contributed by atoms with Crippen molar-refractivity contribution in [3.05, 3.63) is 35.1 Å². The highest BCUT2D eigenvalue weighted by Crippen LogP contribution is 2.35. The van der Waals surface area contributed by atoms with Crippen molar-refractivity contribution in [3.8, 4) is 0 Å². The van der Waals surface area contributed by atoms with Gasteiger partial charge in [0.05, 0.1) is 0 Å². The van der Waals surface area contributed by atoms with E-state index in [-0.39, 0.29) is 30.6 Å². The fourth-order valence-electron chi connectivity index (χ4n) is 3.57. The first-order valence-corrected chi connectivity index (χ1v) is 8.04. The van der Waals surface area contributed by atoms with Gasteiger partial charge in [0.25, 0.3) is 0 Å². The molecular weight excluding hydrogens is 338 g/mol. The molecule has 2 aliphatic heterocycles. The number of benzene rings is 1. The molecular formula is C17H27Cl2FN2O. The quantitative estimate of drug-likeness (QED) is 0.889. The monoisotopic (exact) mass is 364 g/mol. The van der Waals surface area contributed by atoms with Crippen LogP contribution < -0.4 is 5.32 Å². The van der Waals surface area contributed by atoms with Crippen LogP contribution in [-0.4, -0.2) is 44.3 Å². The molecule has 0 aromatic heterocycles. The zero-order chi connectivity index (χ0) is 14.7. The highest BCUT2D eigenvalue weighted by Gasteiger charge is 2.31. The van der Waals surface area contributed by atoms with Crippen molar-refractivity contribution in [3.63, 3.8) is 0 Å². The van der Waals surface area contributed by atoms with Gasteiger partial charge in [0.2, 0.25) is 0 Å². The van der Waals surface area contributed by atoms with E-state index in [0.29, 0.717) is 12.0 Å². The molecule has 0 aliphatic carbocycles. The first-order chi connectivity index (χ1) is 10.3. The minimum Gasteiger partial charge on any atom is -0.381 e. The second kappa shape index (κ2) is 9.80. The lowest BCUT2D eigenvalue weighted by Gasteiger charge is -2.41. The summed E-state index contributed by atoms with van der Waals surface area (Å²) in [6.45, 7) is 7.62. The fourth-order valence-corrected chi connectivity index (χ4v) is 3.57. The van der Waals surface area contributed by atoms with Crippen LogP contribution >= 0.6 is 24.8 Å². The van der Waals surface area contributed by atoms with Gasteiger partial charge in [-0.3, -0.25) is 4.90 Å². The molecule has 132 valence electrons. The molecule has 0 spiro atoms. The van der Waals surface area contributed by atoms with Gasteiger partial charge in [0.1, 0.15) is 5.82 Å². The third kappa shape index (κ3) is 5.04. The molecule has 2 aliphatic rings. The van der Waals surface area contributed by atoms with Crippen LogP contribution in [0, 0.1) is 18.7 Å². The number of hydrogen-bond donors (Lipinski definition) is 1. The van der Waals surface area contributed by atoms with E-state index in [1.54, 1.807) is 6.07 Å². The largest absolute Gasteiger partial charge is 0.381 e. The van der Waals surface area contributed by atoms with Crippen molar-refractivity contribution >= 4 is 24.8 Å². The van der Waals surface area contributed by atoms with Crippen LogP contribution in [-0.2, 0) is 4.74 Å². The average molecular weight is 365 g/mol. The molecule has 2 saturated heterocycles. The number of rotatable bonds is 3. The highest BCUT2D eigenvalue weighted by atomic mass is 35.5. The molecule has 3 rings (SSSR count). The molecule has 6 heteroatoms. The van der Waals surface area contributed by atoms with Crippen LogP contribution in [0.4, 0.5) is 4.39 Å². The third-order valence-corrected chi connectivity index (χ3v) is 4.79. The Bertz CT molecular complexity index is 460. The van der Waals surface area contributed by atoms with E-state index >= 15 is 0 Å². The molecule has 23 heavy (non-hydrogen) atoms. The summed E-state index contributed by atoms with van der Waals surface area (Å²) in [4.78, 5) is 2.52. The standard InChI is InChI=1S/C17H25FN2O.2ClH/c1-13-2-3-15(12-16(13)18)17(14-4-10-21-11-5-14)20-8-6-19-7-9-20;;/h2-3,12,14,17,19H,4-11H2,1H3;2*1H/t17-;;/m1../s1. The molecule has 2 fully saturated rings. The smallest absolute Gasteiger partial charge is 0.126 e. The number of halogens is 3. The second-order valence-corrected chi connectivity index (χ2v) is 6.19. The molecule has 1 N–H and O–H groups in total. The van der Waals surface area contributed by atoms with Crippen LogP contribution in [0.15, 0.2) is 18.2 Å².